The fraction of sp³-hybridized carbons (Fsp3) is 0.364. The quantitative estimate of drug-likeness (QED) is 0.810. The van der Waals surface area contributed by atoms with E-state index in [0.29, 0.717) is 5.56 Å². The summed E-state index contributed by atoms with van der Waals surface area (Å²) in [6, 6.07) is 1.54. The molecule has 0 fully saturated rings. The summed E-state index contributed by atoms with van der Waals surface area (Å²) in [6.07, 6.45) is 1.32. The third-order valence-electron chi connectivity index (χ3n) is 2.18. The van der Waals surface area contributed by atoms with Gasteiger partial charge in [0.1, 0.15) is 0 Å². The molecule has 0 radical (unpaired) electrons. The van der Waals surface area contributed by atoms with Gasteiger partial charge in [0.15, 0.2) is 5.69 Å². The van der Waals surface area contributed by atoms with Crippen LogP contribution in [0, 0.1) is 0 Å². The molecule has 6 heteroatoms. The van der Waals surface area contributed by atoms with Crippen LogP contribution in [-0.4, -0.2) is 27.1 Å². The number of pyridine rings is 1. The standard InChI is InChI=1S/C11H13NO4.Zn/c1-11(2,3)6-4-5-12-8(10(15)16)7(6)9(13)14;/h4-5H,1-3H3,(H,13,14)(H,15,16);. The minimum atomic E-state index is -1.33. The molecule has 1 rings (SSSR count). The maximum Gasteiger partial charge on any atom is 0.355 e. The molecule has 0 atom stereocenters. The van der Waals surface area contributed by atoms with E-state index in [0.717, 1.165) is 0 Å². The SMILES string of the molecule is CC(C)(C)c1ccnc(C(=O)O)c1C(=O)O.[Zn]. The molecule has 0 saturated carbocycles. The van der Waals surface area contributed by atoms with Crippen LogP contribution in [-0.2, 0) is 24.9 Å². The van der Waals surface area contributed by atoms with Crippen molar-refractivity contribution < 1.29 is 39.3 Å². The van der Waals surface area contributed by atoms with Crippen molar-refractivity contribution in [1.29, 1.82) is 0 Å². The Kier molecular flexibility index (Phi) is 4.96. The molecule has 1 aromatic heterocycles. The van der Waals surface area contributed by atoms with E-state index in [1.165, 1.54) is 12.3 Å². The first-order chi connectivity index (χ1) is 7.25. The second kappa shape index (κ2) is 5.36. The van der Waals surface area contributed by atoms with Gasteiger partial charge in [-0.25, -0.2) is 14.6 Å². The Morgan fingerprint density at radius 2 is 1.71 bits per heavy atom. The molecule has 0 saturated heterocycles. The number of hydrogen-bond donors (Lipinski definition) is 2. The molecule has 2 N–H and O–H groups in total. The predicted octanol–water partition coefficient (Wildman–Crippen LogP) is 1.77. The fourth-order valence-electron chi connectivity index (χ4n) is 1.47. The number of rotatable bonds is 2. The number of carboxylic acid groups (broad SMARTS) is 2. The molecule has 0 aliphatic carbocycles. The third-order valence-corrected chi connectivity index (χ3v) is 2.18. The number of aromatic carboxylic acids is 2. The first-order valence-electron chi connectivity index (χ1n) is 4.71. The first kappa shape index (κ1) is 15.7. The summed E-state index contributed by atoms with van der Waals surface area (Å²) in [4.78, 5) is 25.6. The summed E-state index contributed by atoms with van der Waals surface area (Å²) in [5.74, 6) is -2.60. The van der Waals surface area contributed by atoms with E-state index in [9.17, 15) is 9.59 Å². The Hall–Kier alpha value is -1.29. The second-order valence-corrected chi connectivity index (χ2v) is 4.44. The van der Waals surface area contributed by atoms with Crippen LogP contribution < -0.4 is 0 Å². The number of aromatic nitrogens is 1. The average Bonchev–Trinajstić information content (AvgIpc) is 2.14. The van der Waals surface area contributed by atoms with Crippen molar-refractivity contribution >= 4 is 11.9 Å². The van der Waals surface area contributed by atoms with Crippen molar-refractivity contribution in [2.75, 3.05) is 0 Å². The molecular weight excluding hydrogens is 276 g/mol. The smallest absolute Gasteiger partial charge is 0.355 e. The average molecular weight is 289 g/mol. The van der Waals surface area contributed by atoms with Gasteiger partial charge in [0, 0.05) is 25.7 Å². The van der Waals surface area contributed by atoms with Crippen molar-refractivity contribution in [1.82, 2.24) is 4.98 Å². The van der Waals surface area contributed by atoms with E-state index >= 15 is 0 Å². The van der Waals surface area contributed by atoms with Gasteiger partial charge in [-0.2, -0.15) is 0 Å². The van der Waals surface area contributed by atoms with Gasteiger partial charge in [-0.05, 0) is 17.0 Å². The molecule has 0 aliphatic heterocycles. The Balaban J connectivity index is 0.00000256. The van der Waals surface area contributed by atoms with Crippen LogP contribution in [0.25, 0.3) is 0 Å². The Bertz CT molecular complexity index is 451. The zero-order valence-electron chi connectivity index (χ0n) is 10.0. The minimum Gasteiger partial charge on any atom is -0.478 e. The molecule has 0 unspecified atom stereocenters. The Labute approximate surface area is 112 Å². The number of carbonyl (C=O) groups is 2. The van der Waals surface area contributed by atoms with Crippen LogP contribution in [0.5, 0.6) is 0 Å². The van der Waals surface area contributed by atoms with Gasteiger partial charge in [-0.15, -0.1) is 0 Å². The summed E-state index contributed by atoms with van der Waals surface area (Å²) in [5.41, 5.74) is -0.629. The van der Waals surface area contributed by atoms with Gasteiger partial charge in [-0.1, -0.05) is 20.8 Å². The normalized spacial score (nSPS) is 10.5. The van der Waals surface area contributed by atoms with E-state index in [2.05, 4.69) is 4.98 Å². The maximum atomic E-state index is 11.1. The number of nitrogens with zero attached hydrogens (tertiary/aromatic N) is 1. The van der Waals surface area contributed by atoms with Crippen LogP contribution in [0.2, 0.25) is 0 Å². The van der Waals surface area contributed by atoms with E-state index in [4.69, 9.17) is 10.2 Å². The summed E-state index contributed by atoms with van der Waals surface area (Å²) < 4.78 is 0. The molecule has 5 nitrogen and oxygen atoms in total. The van der Waals surface area contributed by atoms with Crippen LogP contribution in [0.4, 0.5) is 0 Å². The van der Waals surface area contributed by atoms with Gasteiger partial charge in [0.25, 0.3) is 0 Å². The first-order valence-corrected chi connectivity index (χ1v) is 4.71. The zero-order chi connectivity index (χ0) is 12.5. The number of carboxylic acids is 2. The molecule has 0 aliphatic rings. The van der Waals surface area contributed by atoms with Crippen molar-refractivity contribution in [3.8, 4) is 0 Å². The topological polar surface area (TPSA) is 87.5 Å². The fourth-order valence-corrected chi connectivity index (χ4v) is 1.47. The molecule has 0 spiro atoms. The molecule has 17 heavy (non-hydrogen) atoms. The molecule has 0 aromatic carbocycles. The van der Waals surface area contributed by atoms with E-state index < -0.39 is 23.0 Å². The van der Waals surface area contributed by atoms with E-state index in [-0.39, 0.29) is 25.0 Å². The predicted molar refractivity (Wildman–Crippen MR) is 56.9 cm³/mol. The summed E-state index contributed by atoms with van der Waals surface area (Å²) in [7, 11) is 0. The van der Waals surface area contributed by atoms with Gasteiger partial charge in [-0.3, -0.25) is 0 Å². The van der Waals surface area contributed by atoms with Gasteiger partial charge in [0.05, 0.1) is 5.56 Å². The third kappa shape index (κ3) is 3.33. The zero-order valence-corrected chi connectivity index (χ0v) is 13.0. The van der Waals surface area contributed by atoms with Gasteiger partial charge in [0.2, 0.25) is 0 Å². The largest absolute Gasteiger partial charge is 0.478 e. The van der Waals surface area contributed by atoms with Crippen LogP contribution in [0.15, 0.2) is 12.3 Å². The van der Waals surface area contributed by atoms with Crippen LogP contribution >= 0.6 is 0 Å². The van der Waals surface area contributed by atoms with Crippen LogP contribution in [0.3, 0.4) is 0 Å². The minimum absolute atomic E-state index is 0. The summed E-state index contributed by atoms with van der Waals surface area (Å²) in [6.45, 7) is 5.46. The van der Waals surface area contributed by atoms with Crippen molar-refractivity contribution in [3.63, 3.8) is 0 Å². The molecule has 88 valence electrons. The van der Waals surface area contributed by atoms with Crippen LogP contribution in [0.1, 0.15) is 47.2 Å². The van der Waals surface area contributed by atoms with Gasteiger partial charge < -0.3 is 10.2 Å². The summed E-state index contributed by atoms with van der Waals surface area (Å²) in [5, 5.41) is 17.9. The van der Waals surface area contributed by atoms with Crippen molar-refractivity contribution in [2.45, 2.75) is 26.2 Å². The molecule has 0 bridgehead atoms. The molecular formula is C11H13NO4Zn. The monoisotopic (exact) mass is 287 g/mol. The maximum absolute atomic E-state index is 11.1. The molecule has 1 heterocycles. The molecule has 0 amide bonds. The number of hydrogen-bond acceptors (Lipinski definition) is 3. The van der Waals surface area contributed by atoms with E-state index in [1.54, 1.807) is 0 Å². The Morgan fingerprint density at radius 3 is 2.06 bits per heavy atom. The molecule has 1 aromatic rings. The summed E-state index contributed by atoms with van der Waals surface area (Å²) >= 11 is 0. The second-order valence-electron chi connectivity index (χ2n) is 4.44. The van der Waals surface area contributed by atoms with Crippen molar-refractivity contribution in [3.05, 3.63) is 29.1 Å². The van der Waals surface area contributed by atoms with Gasteiger partial charge >= 0.3 is 11.9 Å². The van der Waals surface area contributed by atoms with E-state index in [1.807, 2.05) is 20.8 Å². The van der Waals surface area contributed by atoms with Crippen molar-refractivity contribution in [2.24, 2.45) is 0 Å². The Morgan fingerprint density at radius 1 is 1.18 bits per heavy atom.